The van der Waals surface area contributed by atoms with Crippen molar-refractivity contribution in [2.75, 3.05) is 31.6 Å². The summed E-state index contributed by atoms with van der Waals surface area (Å²) in [6, 6.07) is 20.0. The number of benzene rings is 3. The lowest BCUT2D eigenvalue weighted by Gasteiger charge is -2.27. The first-order valence-electron chi connectivity index (χ1n) is 11.4. The van der Waals surface area contributed by atoms with Crippen LogP contribution in [0, 0.1) is 6.92 Å². The molecule has 3 rings (SSSR count). The van der Waals surface area contributed by atoms with Crippen molar-refractivity contribution in [2.24, 2.45) is 4.99 Å². The van der Waals surface area contributed by atoms with Crippen LogP contribution in [0.1, 0.15) is 16.7 Å². The van der Waals surface area contributed by atoms with Crippen molar-refractivity contribution in [2.45, 2.75) is 11.8 Å². The Morgan fingerprint density at radius 2 is 1.66 bits per heavy atom. The van der Waals surface area contributed by atoms with Crippen LogP contribution in [0.4, 0.5) is 5.69 Å². The highest BCUT2D eigenvalue weighted by atomic mass is 35.5. The molecule has 0 amide bonds. The molecule has 0 bridgehead atoms. The third-order valence-corrected chi connectivity index (χ3v) is 7.46. The Labute approximate surface area is 227 Å². The van der Waals surface area contributed by atoms with Gasteiger partial charge >= 0.3 is 11.9 Å². The number of anilines is 1. The van der Waals surface area contributed by atoms with E-state index in [1.54, 1.807) is 42.5 Å². The second-order valence-corrected chi connectivity index (χ2v) is 10.4. The molecule has 38 heavy (non-hydrogen) atoms. The molecule has 0 heterocycles. The van der Waals surface area contributed by atoms with Gasteiger partial charge in [0.25, 0.3) is 10.0 Å². The van der Waals surface area contributed by atoms with Crippen molar-refractivity contribution >= 4 is 51.5 Å². The Balaban J connectivity index is 2.20. The molecule has 0 aromatic heterocycles. The van der Waals surface area contributed by atoms with E-state index in [1.807, 2.05) is 13.0 Å². The van der Waals surface area contributed by atoms with Gasteiger partial charge < -0.3 is 9.47 Å². The summed E-state index contributed by atoms with van der Waals surface area (Å²) >= 11 is 6.22. The fraction of sp³-hybridized carbons (Fsp3) is 0.179. The quantitative estimate of drug-likeness (QED) is 0.205. The van der Waals surface area contributed by atoms with Crippen molar-refractivity contribution in [3.63, 3.8) is 0 Å². The molecule has 0 saturated heterocycles. The molecule has 8 nitrogen and oxygen atoms in total. The predicted molar refractivity (Wildman–Crippen MR) is 148 cm³/mol. The first-order valence-corrected chi connectivity index (χ1v) is 13.3. The number of methoxy groups -OCH3 is 2. The molecule has 10 heteroatoms. The topological polar surface area (TPSA) is 102 Å². The number of aryl methyl sites for hydroxylation is 1. The predicted octanol–water partition coefficient (Wildman–Crippen LogP) is 4.69. The van der Waals surface area contributed by atoms with Crippen LogP contribution in [-0.2, 0) is 29.1 Å². The molecule has 0 fully saturated rings. The van der Waals surface area contributed by atoms with Crippen LogP contribution in [0.15, 0.2) is 88.3 Å². The summed E-state index contributed by atoms with van der Waals surface area (Å²) in [5.74, 6) is -1.25. The Bertz CT molecular complexity index is 1450. The number of halogens is 1. The van der Waals surface area contributed by atoms with Gasteiger partial charge in [-0.1, -0.05) is 59.6 Å². The van der Waals surface area contributed by atoms with E-state index in [0.717, 1.165) is 9.87 Å². The van der Waals surface area contributed by atoms with E-state index >= 15 is 0 Å². The van der Waals surface area contributed by atoms with E-state index in [-0.39, 0.29) is 29.2 Å². The second kappa shape index (κ2) is 13.0. The summed E-state index contributed by atoms with van der Waals surface area (Å²) in [4.78, 5) is 28.5. The van der Waals surface area contributed by atoms with E-state index in [9.17, 15) is 18.0 Å². The van der Waals surface area contributed by atoms with Gasteiger partial charge in [-0.3, -0.25) is 14.1 Å². The monoisotopic (exact) mass is 554 g/mol. The number of hydrogen-bond donors (Lipinski definition) is 0. The van der Waals surface area contributed by atoms with Crippen molar-refractivity contribution in [3.05, 3.63) is 100 Å². The minimum absolute atomic E-state index is 0.0272. The lowest BCUT2D eigenvalue weighted by atomic mass is 10.1. The van der Waals surface area contributed by atoms with Gasteiger partial charge in [-0.25, -0.2) is 13.2 Å². The van der Waals surface area contributed by atoms with Crippen molar-refractivity contribution < 1.29 is 27.5 Å². The van der Waals surface area contributed by atoms with Gasteiger partial charge in [0, 0.05) is 16.8 Å². The molecule has 198 valence electrons. The Morgan fingerprint density at radius 3 is 2.29 bits per heavy atom. The maximum atomic E-state index is 14.0. The Kier molecular flexibility index (Phi) is 9.81. The van der Waals surface area contributed by atoms with Crippen LogP contribution in [-0.4, -0.2) is 53.9 Å². The molecule has 0 unspecified atom stereocenters. The van der Waals surface area contributed by atoms with Gasteiger partial charge in [-0.15, -0.1) is 0 Å². The highest BCUT2D eigenvalue weighted by Gasteiger charge is 2.29. The van der Waals surface area contributed by atoms with Crippen LogP contribution in [0.3, 0.4) is 0 Å². The summed E-state index contributed by atoms with van der Waals surface area (Å²) in [5.41, 5.74) is 2.20. The minimum Gasteiger partial charge on any atom is -0.468 e. The number of sulfonamides is 1. The standard InChI is InChI=1S/C28H27ClN2O6S/c1-20-9-12-25(13-10-20)38(34,35)31(19-23(28(33)37-3)15-21-7-5-4-6-8-21)26-14-11-24(29)16-22(26)17-30-18-27(32)36-2/h4-17H,18-19H2,1-3H3/b23-15-,30-17?. The molecule has 3 aromatic rings. The second-order valence-electron chi connectivity index (χ2n) is 8.15. The summed E-state index contributed by atoms with van der Waals surface area (Å²) in [6.45, 7) is 1.23. The minimum atomic E-state index is -4.19. The molecule has 0 radical (unpaired) electrons. The molecule has 0 atom stereocenters. The summed E-state index contributed by atoms with van der Waals surface area (Å²) < 4.78 is 38.7. The first-order chi connectivity index (χ1) is 18.1. The van der Waals surface area contributed by atoms with Gasteiger partial charge in [-0.2, -0.15) is 0 Å². The SMILES string of the molecule is COC(=O)CN=Cc1cc(Cl)ccc1N(C/C(=C/c1ccccc1)C(=O)OC)S(=O)(=O)c1ccc(C)cc1. The maximum Gasteiger partial charge on any atom is 0.335 e. The molecule has 0 aliphatic rings. The summed E-state index contributed by atoms with van der Waals surface area (Å²) in [5, 5.41) is 0.328. The lowest BCUT2D eigenvalue weighted by molar-refractivity contribution is -0.139. The van der Waals surface area contributed by atoms with Gasteiger partial charge in [-0.05, 0) is 48.9 Å². The molecule has 0 spiro atoms. The average molecular weight is 555 g/mol. The number of hydrogen-bond acceptors (Lipinski definition) is 7. The average Bonchev–Trinajstić information content (AvgIpc) is 2.91. The molecule has 0 aliphatic heterocycles. The third-order valence-electron chi connectivity index (χ3n) is 5.45. The van der Waals surface area contributed by atoms with Gasteiger partial charge in [0.2, 0.25) is 0 Å². The smallest absolute Gasteiger partial charge is 0.335 e. The number of carbonyl (C=O) groups excluding carboxylic acids is 2. The Hall–Kier alpha value is -3.95. The van der Waals surface area contributed by atoms with Gasteiger partial charge in [0.1, 0.15) is 6.54 Å². The number of ether oxygens (including phenoxy) is 2. The van der Waals surface area contributed by atoms with E-state index < -0.39 is 22.0 Å². The number of nitrogens with zero attached hydrogens (tertiary/aromatic N) is 2. The summed E-state index contributed by atoms with van der Waals surface area (Å²) in [7, 11) is -1.72. The van der Waals surface area contributed by atoms with Crippen LogP contribution >= 0.6 is 11.6 Å². The number of carbonyl (C=O) groups is 2. The highest BCUT2D eigenvalue weighted by Crippen LogP contribution is 2.30. The zero-order valence-corrected chi connectivity index (χ0v) is 22.7. The van der Waals surface area contributed by atoms with Crippen molar-refractivity contribution in [1.82, 2.24) is 0 Å². The molecular weight excluding hydrogens is 528 g/mol. The van der Waals surface area contributed by atoms with E-state index in [1.165, 1.54) is 50.8 Å². The van der Waals surface area contributed by atoms with Crippen LogP contribution in [0.2, 0.25) is 5.02 Å². The van der Waals surface area contributed by atoms with Gasteiger partial charge in [0.15, 0.2) is 0 Å². The number of rotatable bonds is 10. The molecular formula is C28H27ClN2O6S. The molecule has 3 aromatic carbocycles. The van der Waals surface area contributed by atoms with Gasteiger partial charge in [0.05, 0.1) is 36.9 Å². The van der Waals surface area contributed by atoms with Crippen LogP contribution < -0.4 is 4.31 Å². The zero-order valence-electron chi connectivity index (χ0n) is 21.1. The fourth-order valence-electron chi connectivity index (χ4n) is 3.48. The van der Waals surface area contributed by atoms with Crippen molar-refractivity contribution in [3.8, 4) is 0 Å². The number of aliphatic imine (C=N–C) groups is 1. The molecule has 0 aliphatic carbocycles. The van der Waals surface area contributed by atoms with Crippen LogP contribution in [0.5, 0.6) is 0 Å². The first kappa shape index (κ1) is 28.6. The molecule has 0 saturated carbocycles. The maximum absolute atomic E-state index is 14.0. The highest BCUT2D eigenvalue weighted by molar-refractivity contribution is 7.92. The zero-order chi connectivity index (χ0) is 27.7. The fourth-order valence-corrected chi connectivity index (χ4v) is 5.13. The summed E-state index contributed by atoms with van der Waals surface area (Å²) in [6.07, 6.45) is 2.92. The molecule has 0 N–H and O–H groups in total. The largest absolute Gasteiger partial charge is 0.468 e. The van der Waals surface area contributed by atoms with E-state index in [4.69, 9.17) is 16.3 Å². The van der Waals surface area contributed by atoms with E-state index in [0.29, 0.717) is 16.1 Å². The van der Waals surface area contributed by atoms with E-state index in [2.05, 4.69) is 9.73 Å². The Morgan fingerprint density at radius 1 is 0.974 bits per heavy atom. The normalized spacial score (nSPS) is 11.8. The third kappa shape index (κ3) is 7.30. The van der Waals surface area contributed by atoms with Crippen molar-refractivity contribution in [1.29, 1.82) is 0 Å². The number of esters is 2. The van der Waals surface area contributed by atoms with Crippen LogP contribution in [0.25, 0.3) is 6.08 Å². The lowest BCUT2D eigenvalue weighted by Crippen LogP contribution is -2.35.